The van der Waals surface area contributed by atoms with Crippen LogP contribution < -0.4 is 10.6 Å². The normalized spacial score (nSPS) is 22.0. The van der Waals surface area contributed by atoms with E-state index in [2.05, 4.69) is 33.2 Å². The lowest BCUT2D eigenvalue weighted by molar-refractivity contribution is -0.128. The van der Waals surface area contributed by atoms with E-state index in [1.807, 2.05) is 29.2 Å². The smallest absolute Gasteiger partial charge is 0.255 e. The van der Waals surface area contributed by atoms with Gasteiger partial charge in [-0.3, -0.25) is 9.59 Å². The molecule has 3 fully saturated rings. The minimum absolute atomic E-state index is 0.0460. The Morgan fingerprint density at radius 3 is 2.24 bits per heavy atom. The van der Waals surface area contributed by atoms with Gasteiger partial charge in [0.15, 0.2) is 0 Å². The highest BCUT2D eigenvalue weighted by Gasteiger charge is 2.39. The Labute approximate surface area is 213 Å². The first-order chi connectivity index (χ1) is 16.1. The second kappa shape index (κ2) is 12.5. The summed E-state index contributed by atoms with van der Waals surface area (Å²) in [4.78, 5) is 30.0. The van der Waals surface area contributed by atoms with E-state index in [9.17, 15) is 9.59 Å². The summed E-state index contributed by atoms with van der Waals surface area (Å²) < 4.78 is 0.967. The van der Waals surface area contributed by atoms with E-state index in [1.165, 1.54) is 25.7 Å². The maximum Gasteiger partial charge on any atom is 0.255 e. The molecule has 33 heavy (non-hydrogen) atoms. The molecule has 0 spiro atoms. The Hall–Kier alpha value is -1.15. The number of nitrogens with one attached hydrogen (secondary N) is 2. The molecule has 4 rings (SSSR count). The zero-order valence-electron chi connectivity index (χ0n) is 19.9. The van der Waals surface area contributed by atoms with Crippen LogP contribution in [0, 0.1) is 9.49 Å². The van der Waals surface area contributed by atoms with Gasteiger partial charge in [-0.15, -0.1) is 0 Å². The van der Waals surface area contributed by atoms with E-state index in [0.29, 0.717) is 5.92 Å². The zero-order chi connectivity index (χ0) is 23.0. The fourth-order valence-electron chi connectivity index (χ4n) is 6.02. The maximum absolute atomic E-state index is 14.1. The number of carbonyl (C=O) groups is 2. The average molecular weight is 566 g/mol. The molecule has 1 heterocycles. The van der Waals surface area contributed by atoms with E-state index in [0.717, 1.165) is 80.0 Å². The third-order valence-electron chi connectivity index (χ3n) is 7.91. The van der Waals surface area contributed by atoms with Crippen LogP contribution in [0.2, 0.25) is 0 Å². The van der Waals surface area contributed by atoms with Crippen LogP contribution in [0.5, 0.6) is 0 Å². The minimum Gasteiger partial charge on any atom is -0.352 e. The lowest BCUT2D eigenvalue weighted by atomic mass is 9.86. The van der Waals surface area contributed by atoms with Gasteiger partial charge >= 0.3 is 0 Å². The van der Waals surface area contributed by atoms with Gasteiger partial charge in [0.2, 0.25) is 5.91 Å². The van der Waals surface area contributed by atoms with Crippen molar-refractivity contribution in [3.8, 4) is 0 Å². The number of amides is 2. The number of benzene rings is 1. The Kier molecular flexibility index (Phi) is 9.47. The molecular weight excluding hydrogens is 525 g/mol. The average Bonchev–Trinajstić information content (AvgIpc) is 2.86. The van der Waals surface area contributed by atoms with Crippen molar-refractivity contribution in [3.05, 3.63) is 33.4 Å². The van der Waals surface area contributed by atoms with E-state index in [1.54, 1.807) is 0 Å². The summed E-state index contributed by atoms with van der Waals surface area (Å²) in [6.07, 6.45) is 14.3. The van der Waals surface area contributed by atoms with Crippen LogP contribution in [-0.2, 0) is 4.79 Å². The van der Waals surface area contributed by atoms with Gasteiger partial charge in [-0.05, 0) is 98.7 Å². The molecule has 2 amide bonds. The summed E-state index contributed by atoms with van der Waals surface area (Å²) >= 11 is 2.26. The van der Waals surface area contributed by atoms with Crippen LogP contribution in [-0.4, -0.2) is 47.9 Å². The Morgan fingerprint density at radius 2 is 1.58 bits per heavy atom. The standard InChI is InChI=1S/C27H40IN3O2/c28-24-14-8-7-13-23(24)27(33)31(22-11-5-2-6-12-22)25(19-20-15-17-29-18-16-20)26(32)30-21-9-3-1-4-10-21/h7-8,13-14,20-22,25,29H,1-6,9-12,15-19H2,(H,30,32). The van der Waals surface area contributed by atoms with Crippen molar-refractivity contribution in [2.75, 3.05) is 13.1 Å². The summed E-state index contributed by atoms with van der Waals surface area (Å²) in [5.41, 5.74) is 0.740. The van der Waals surface area contributed by atoms with Gasteiger partial charge in [0, 0.05) is 15.7 Å². The second-order valence-electron chi connectivity index (χ2n) is 10.3. The van der Waals surface area contributed by atoms with Crippen molar-refractivity contribution in [2.24, 2.45) is 5.92 Å². The number of carbonyl (C=O) groups excluding carboxylic acids is 2. The van der Waals surface area contributed by atoms with E-state index >= 15 is 0 Å². The van der Waals surface area contributed by atoms with Crippen molar-refractivity contribution < 1.29 is 9.59 Å². The monoisotopic (exact) mass is 565 g/mol. The van der Waals surface area contributed by atoms with Gasteiger partial charge in [0.25, 0.3) is 5.91 Å². The molecule has 0 bridgehead atoms. The molecule has 182 valence electrons. The summed E-state index contributed by atoms with van der Waals surface area (Å²) in [5.74, 6) is 0.622. The van der Waals surface area contributed by atoms with Crippen LogP contribution in [0.15, 0.2) is 24.3 Å². The number of rotatable bonds is 7. The number of hydrogen-bond donors (Lipinski definition) is 2. The second-order valence-corrected chi connectivity index (χ2v) is 11.4. The molecule has 0 radical (unpaired) electrons. The van der Waals surface area contributed by atoms with Crippen LogP contribution in [0.1, 0.15) is 93.8 Å². The van der Waals surface area contributed by atoms with Crippen LogP contribution >= 0.6 is 22.6 Å². The molecule has 1 aromatic carbocycles. The fourth-order valence-corrected chi connectivity index (χ4v) is 6.64. The highest BCUT2D eigenvalue weighted by Crippen LogP contribution is 2.31. The number of halogens is 1. The first-order valence-corrected chi connectivity index (χ1v) is 14.3. The molecule has 2 N–H and O–H groups in total. The van der Waals surface area contributed by atoms with E-state index in [-0.39, 0.29) is 29.9 Å². The minimum atomic E-state index is -0.373. The topological polar surface area (TPSA) is 61.4 Å². The van der Waals surface area contributed by atoms with Gasteiger partial charge in [-0.25, -0.2) is 0 Å². The van der Waals surface area contributed by atoms with E-state index in [4.69, 9.17) is 0 Å². The summed E-state index contributed by atoms with van der Waals surface area (Å²) in [6, 6.07) is 7.90. The molecule has 1 unspecified atom stereocenters. The van der Waals surface area contributed by atoms with E-state index < -0.39 is 0 Å². The van der Waals surface area contributed by atoms with Crippen molar-refractivity contribution >= 4 is 34.4 Å². The molecule has 1 aromatic rings. The Balaban J connectivity index is 1.63. The zero-order valence-corrected chi connectivity index (χ0v) is 22.0. The number of nitrogens with zero attached hydrogens (tertiary/aromatic N) is 1. The molecule has 2 aliphatic carbocycles. The SMILES string of the molecule is O=C(NC1CCCCC1)C(CC1CCNCC1)N(C(=O)c1ccccc1I)C1CCCCC1. The first-order valence-electron chi connectivity index (χ1n) is 13.2. The first kappa shape index (κ1) is 25.0. The summed E-state index contributed by atoms with van der Waals surface area (Å²) in [5, 5.41) is 6.85. The van der Waals surface area contributed by atoms with Crippen molar-refractivity contribution in [3.63, 3.8) is 0 Å². The highest BCUT2D eigenvalue weighted by molar-refractivity contribution is 14.1. The van der Waals surface area contributed by atoms with Crippen molar-refractivity contribution in [1.29, 1.82) is 0 Å². The molecular formula is C27H40IN3O2. The molecule has 5 nitrogen and oxygen atoms in total. The third kappa shape index (κ3) is 6.71. The van der Waals surface area contributed by atoms with Gasteiger partial charge in [-0.1, -0.05) is 50.7 Å². The van der Waals surface area contributed by atoms with Gasteiger partial charge in [-0.2, -0.15) is 0 Å². The summed E-state index contributed by atoms with van der Waals surface area (Å²) in [7, 11) is 0. The molecule has 2 saturated carbocycles. The lowest BCUT2D eigenvalue weighted by Crippen LogP contribution is -2.57. The molecule has 3 aliphatic rings. The molecule has 1 aliphatic heterocycles. The Bertz CT molecular complexity index is 783. The van der Waals surface area contributed by atoms with Gasteiger partial charge in [0.1, 0.15) is 6.04 Å². The Morgan fingerprint density at radius 1 is 0.939 bits per heavy atom. The maximum atomic E-state index is 14.1. The van der Waals surface area contributed by atoms with Gasteiger partial charge < -0.3 is 15.5 Å². The number of hydrogen-bond acceptors (Lipinski definition) is 3. The predicted octanol–water partition coefficient (Wildman–Crippen LogP) is 5.27. The fraction of sp³-hybridized carbons (Fsp3) is 0.704. The summed E-state index contributed by atoms with van der Waals surface area (Å²) in [6.45, 7) is 2.02. The number of piperidine rings is 1. The van der Waals surface area contributed by atoms with Crippen molar-refractivity contribution in [2.45, 2.75) is 102 Å². The molecule has 1 saturated heterocycles. The van der Waals surface area contributed by atoms with Crippen molar-refractivity contribution in [1.82, 2.24) is 15.5 Å². The highest BCUT2D eigenvalue weighted by atomic mass is 127. The molecule has 1 atom stereocenters. The third-order valence-corrected chi connectivity index (χ3v) is 8.85. The van der Waals surface area contributed by atoms with Gasteiger partial charge in [0.05, 0.1) is 5.56 Å². The molecule has 6 heteroatoms. The predicted molar refractivity (Wildman–Crippen MR) is 141 cm³/mol. The quantitative estimate of drug-likeness (QED) is 0.443. The lowest BCUT2D eigenvalue weighted by Gasteiger charge is -2.42. The molecule has 0 aromatic heterocycles. The van der Waals surface area contributed by atoms with Crippen LogP contribution in [0.25, 0.3) is 0 Å². The van der Waals surface area contributed by atoms with Crippen LogP contribution in [0.4, 0.5) is 0 Å². The van der Waals surface area contributed by atoms with Crippen LogP contribution in [0.3, 0.4) is 0 Å². The largest absolute Gasteiger partial charge is 0.352 e.